The van der Waals surface area contributed by atoms with Crippen LogP contribution >= 0.6 is 11.3 Å². The van der Waals surface area contributed by atoms with E-state index in [2.05, 4.69) is 0 Å². The Balaban J connectivity index is 1.69. The van der Waals surface area contributed by atoms with Crippen LogP contribution in [-0.2, 0) is 17.7 Å². The number of para-hydroxylation sites is 1. The summed E-state index contributed by atoms with van der Waals surface area (Å²) in [4.78, 5) is 39.3. The van der Waals surface area contributed by atoms with Crippen LogP contribution in [0.15, 0.2) is 69.6 Å². The minimum Gasteiger partial charge on any atom is -0.508 e. The van der Waals surface area contributed by atoms with Crippen molar-refractivity contribution in [1.82, 2.24) is 9.13 Å². The van der Waals surface area contributed by atoms with Crippen molar-refractivity contribution in [1.29, 1.82) is 0 Å². The number of thiophene rings is 1. The lowest BCUT2D eigenvalue weighted by Crippen LogP contribution is -2.42. The standard InChI is InChI=1S/C23H20N2O5S/c1-15-14-31-21-19(15)20(27)24(13-16-7-3-2-4-8-16)22(28)25(21)23(29)30-12-11-17-9-5-6-10-18(17)26/h2-10,14,26H,11-13H2,1H3. The number of aryl methyl sites for hydroxylation is 1. The number of phenolic OH excluding ortho intramolecular Hbond substituents is 1. The van der Waals surface area contributed by atoms with Gasteiger partial charge in [0, 0.05) is 6.42 Å². The fraction of sp³-hybridized carbons (Fsp3) is 0.174. The van der Waals surface area contributed by atoms with Crippen molar-refractivity contribution in [3.63, 3.8) is 0 Å². The van der Waals surface area contributed by atoms with E-state index in [1.807, 2.05) is 30.3 Å². The number of aromatic hydroxyl groups is 1. The van der Waals surface area contributed by atoms with Gasteiger partial charge in [-0.1, -0.05) is 48.5 Å². The molecule has 2 aromatic heterocycles. The topological polar surface area (TPSA) is 90.5 Å². The summed E-state index contributed by atoms with van der Waals surface area (Å²) in [7, 11) is 0. The van der Waals surface area contributed by atoms with E-state index in [0.29, 0.717) is 22.9 Å². The number of fused-ring (bicyclic) bond motifs is 1. The Bertz CT molecular complexity index is 1370. The maximum absolute atomic E-state index is 13.1. The number of carbonyl (C=O) groups is 1. The highest BCUT2D eigenvalue weighted by Gasteiger charge is 2.22. The Morgan fingerprint density at radius 1 is 1.06 bits per heavy atom. The molecular weight excluding hydrogens is 416 g/mol. The van der Waals surface area contributed by atoms with Crippen LogP contribution in [0.3, 0.4) is 0 Å². The molecule has 0 spiro atoms. The molecule has 0 amide bonds. The van der Waals surface area contributed by atoms with E-state index in [-0.39, 0.29) is 23.7 Å². The van der Waals surface area contributed by atoms with Crippen molar-refractivity contribution in [2.24, 2.45) is 0 Å². The molecule has 31 heavy (non-hydrogen) atoms. The quantitative estimate of drug-likeness (QED) is 0.517. The molecule has 4 aromatic rings. The molecule has 8 heteroatoms. The van der Waals surface area contributed by atoms with Gasteiger partial charge in [0.1, 0.15) is 10.6 Å². The van der Waals surface area contributed by atoms with Crippen molar-refractivity contribution in [3.8, 4) is 5.75 Å². The molecule has 0 aliphatic rings. The van der Waals surface area contributed by atoms with Gasteiger partial charge in [0.2, 0.25) is 0 Å². The molecular formula is C23H20N2O5S. The average molecular weight is 436 g/mol. The van der Waals surface area contributed by atoms with Gasteiger partial charge < -0.3 is 9.84 Å². The second-order valence-electron chi connectivity index (χ2n) is 7.09. The van der Waals surface area contributed by atoms with Crippen LogP contribution in [-0.4, -0.2) is 26.9 Å². The Labute approximate surface area is 181 Å². The lowest BCUT2D eigenvalue weighted by Gasteiger charge is -2.12. The van der Waals surface area contributed by atoms with E-state index in [9.17, 15) is 19.5 Å². The van der Waals surface area contributed by atoms with Gasteiger partial charge >= 0.3 is 11.8 Å². The summed E-state index contributed by atoms with van der Waals surface area (Å²) in [6.07, 6.45) is -0.558. The zero-order chi connectivity index (χ0) is 22.0. The van der Waals surface area contributed by atoms with Gasteiger partial charge in [0.05, 0.1) is 18.5 Å². The number of aromatic nitrogens is 2. The zero-order valence-electron chi connectivity index (χ0n) is 16.8. The van der Waals surface area contributed by atoms with Gasteiger partial charge in [0.25, 0.3) is 5.56 Å². The zero-order valence-corrected chi connectivity index (χ0v) is 17.6. The lowest BCUT2D eigenvalue weighted by molar-refractivity contribution is 0.148. The van der Waals surface area contributed by atoms with Gasteiger partial charge in [-0.25, -0.2) is 9.59 Å². The normalized spacial score (nSPS) is 11.0. The van der Waals surface area contributed by atoms with E-state index in [1.54, 1.807) is 36.6 Å². The number of benzene rings is 2. The van der Waals surface area contributed by atoms with Gasteiger partial charge in [-0.05, 0) is 35.1 Å². The first-order valence-electron chi connectivity index (χ1n) is 9.69. The molecule has 2 heterocycles. The molecule has 0 fully saturated rings. The fourth-order valence-electron chi connectivity index (χ4n) is 3.39. The van der Waals surface area contributed by atoms with Crippen LogP contribution in [0.4, 0.5) is 4.79 Å². The third kappa shape index (κ3) is 4.02. The molecule has 2 aromatic carbocycles. The Morgan fingerprint density at radius 3 is 2.52 bits per heavy atom. The van der Waals surface area contributed by atoms with Crippen LogP contribution in [0.2, 0.25) is 0 Å². The van der Waals surface area contributed by atoms with E-state index in [1.165, 1.54) is 0 Å². The Kier molecular flexibility index (Phi) is 5.73. The van der Waals surface area contributed by atoms with Gasteiger partial charge in [-0.2, -0.15) is 4.57 Å². The molecule has 1 N–H and O–H groups in total. The molecule has 0 atom stereocenters. The largest absolute Gasteiger partial charge is 0.508 e. The third-order valence-electron chi connectivity index (χ3n) is 4.99. The summed E-state index contributed by atoms with van der Waals surface area (Å²) in [5, 5.41) is 11.9. The van der Waals surface area contributed by atoms with Crippen molar-refractivity contribution >= 4 is 27.6 Å². The summed E-state index contributed by atoms with van der Waals surface area (Å²) in [5.74, 6) is 0.114. The highest BCUT2D eigenvalue weighted by Crippen LogP contribution is 2.22. The van der Waals surface area contributed by atoms with Gasteiger partial charge in [-0.15, -0.1) is 11.3 Å². The van der Waals surface area contributed by atoms with Crippen molar-refractivity contribution in [2.45, 2.75) is 19.9 Å². The molecule has 0 radical (unpaired) electrons. The Hall–Kier alpha value is -3.65. The monoisotopic (exact) mass is 436 g/mol. The first-order chi connectivity index (χ1) is 15.0. The maximum Gasteiger partial charge on any atom is 0.423 e. The maximum atomic E-state index is 13.1. The van der Waals surface area contributed by atoms with E-state index in [0.717, 1.165) is 26.0 Å². The number of hydrogen-bond donors (Lipinski definition) is 1. The van der Waals surface area contributed by atoms with Crippen molar-refractivity contribution < 1.29 is 14.6 Å². The minimum absolute atomic E-state index is 0.0213. The van der Waals surface area contributed by atoms with Crippen molar-refractivity contribution in [3.05, 3.63) is 97.5 Å². The van der Waals surface area contributed by atoms with Crippen LogP contribution in [0, 0.1) is 6.92 Å². The third-order valence-corrected chi connectivity index (χ3v) is 6.08. The first kappa shape index (κ1) is 20.6. The van der Waals surface area contributed by atoms with Crippen LogP contribution in [0.25, 0.3) is 10.2 Å². The molecule has 0 saturated heterocycles. The average Bonchev–Trinajstić information content (AvgIpc) is 3.14. The van der Waals surface area contributed by atoms with Crippen LogP contribution in [0.5, 0.6) is 5.75 Å². The number of rotatable bonds is 5. The van der Waals surface area contributed by atoms with Gasteiger partial charge in [0.15, 0.2) is 0 Å². The van der Waals surface area contributed by atoms with Crippen LogP contribution in [0.1, 0.15) is 16.7 Å². The van der Waals surface area contributed by atoms with Crippen molar-refractivity contribution in [2.75, 3.05) is 6.61 Å². The summed E-state index contributed by atoms with van der Waals surface area (Å²) in [6.45, 7) is 1.80. The predicted octanol–water partition coefficient (Wildman–Crippen LogP) is 3.51. The summed E-state index contributed by atoms with van der Waals surface area (Å²) in [5.41, 5.74) is 0.932. The lowest BCUT2D eigenvalue weighted by atomic mass is 10.1. The molecule has 158 valence electrons. The Morgan fingerprint density at radius 2 is 1.77 bits per heavy atom. The summed E-state index contributed by atoms with van der Waals surface area (Å²) < 4.78 is 7.31. The fourth-order valence-corrected chi connectivity index (χ4v) is 4.42. The summed E-state index contributed by atoms with van der Waals surface area (Å²) in [6, 6.07) is 15.9. The van der Waals surface area contributed by atoms with E-state index >= 15 is 0 Å². The van der Waals surface area contributed by atoms with Crippen LogP contribution < -0.4 is 11.2 Å². The molecule has 0 aliphatic carbocycles. The predicted molar refractivity (Wildman–Crippen MR) is 119 cm³/mol. The highest BCUT2D eigenvalue weighted by atomic mass is 32.1. The number of hydrogen-bond acceptors (Lipinski definition) is 6. The second-order valence-corrected chi connectivity index (χ2v) is 7.94. The minimum atomic E-state index is -0.853. The smallest absolute Gasteiger partial charge is 0.423 e. The summed E-state index contributed by atoms with van der Waals surface area (Å²) >= 11 is 1.15. The first-order valence-corrected chi connectivity index (χ1v) is 10.6. The molecule has 0 aliphatic heterocycles. The molecule has 0 saturated carbocycles. The van der Waals surface area contributed by atoms with E-state index < -0.39 is 17.3 Å². The molecule has 0 bridgehead atoms. The molecule has 0 unspecified atom stereocenters. The van der Waals surface area contributed by atoms with Gasteiger partial charge in [-0.3, -0.25) is 9.36 Å². The van der Waals surface area contributed by atoms with E-state index in [4.69, 9.17) is 4.74 Å². The highest BCUT2D eigenvalue weighted by molar-refractivity contribution is 7.17. The second kappa shape index (κ2) is 8.61. The number of phenols is 1. The molecule has 7 nitrogen and oxygen atoms in total. The number of ether oxygens (including phenoxy) is 1. The number of nitrogens with zero attached hydrogens (tertiary/aromatic N) is 2. The molecule has 4 rings (SSSR count). The number of carbonyl (C=O) groups excluding carboxylic acids is 1. The SMILES string of the molecule is Cc1csc2c1c(=O)n(Cc1ccccc1)c(=O)n2C(=O)OCCc1ccccc1O.